The Morgan fingerprint density at radius 3 is 2.17 bits per heavy atom. The van der Waals surface area contributed by atoms with Crippen LogP contribution in [0, 0.1) is 5.92 Å². The predicted molar refractivity (Wildman–Crippen MR) is 185 cm³/mol. The van der Waals surface area contributed by atoms with Crippen molar-refractivity contribution in [3.63, 3.8) is 0 Å². The Morgan fingerprint density at radius 2 is 1.55 bits per heavy atom. The van der Waals surface area contributed by atoms with Gasteiger partial charge in [-0.2, -0.15) is 0 Å². The molecule has 260 valence electrons. The topological polar surface area (TPSA) is 99.8 Å². The van der Waals surface area contributed by atoms with Gasteiger partial charge in [-0.05, 0) is 94.8 Å². The molecule has 4 aliphatic heterocycles. The summed E-state index contributed by atoms with van der Waals surface area (Å²) in [6.07, 6.45) is 11.1. The second-order valence-electron chi connectivity index (χ2n) is 14.2. The molecule has 0 radical (unpaired) electrons. The number of likely N-dealkylation sites (tertiary alicyclic amines) is 3. The average Bonchev–Trinajstić information content (AvgIpc) is 3.11. The van der Waals surface area contributed by atoms with E-state index in [0.717, 1.165) is 109 Å². The number of piperazine rings is 1. The van der Waals surface area contributed by atoms with Crippen LogP contribution in [0.3, 0.4) is 0 Å². The molecule has 1 aromatic carbocycles. The molecule has 0 spiro atoms. The molecule has 1 atom stereocenters. The van der Waals surface area contributed by atoms with Gasteiger partial charge in [0.2, 0.25) is 12.3 Å². The van der Waals surface area contributed by atoms with Crippen LogP contribution < -0.4 is 10.2 Å². The van der Waals surface area contributed by atoms with Crippen molar-refractivity contribution in [1.82, 2.24) is 29.8 Å². The molecule has 1 N–H and O–H groups in total. The van der Waals surface area contributed by atoms with Gasteiger partial charge in [0.1, 0.15) is 6.29 Å². The second kappa shape index (κ2) is 17.4. The maximum atomic E-state index is 13.3. The molecule has 4 fully saturated rings. The van der Waals surface area contributed by atoms with Crippen LogP contribution in [-0.2, 0) is 16.1 Å². The molecule has 0 bridgehead atoms. The molecule has 11 heteroatoms. The van der Waals surface area contributed by atoms with Gasteiger partial charge >= 0.3 is 6.03 Å². The van der Waals surface area contributed by atoms with Gasteiger partial charge < -0.3 is 19.6 Å². The quantitative estimate of drug-likeness (QED) is 0.344. The van der Waals surface area contributed by atoms with Crippen LogP contribution in [0.1, 0.15) is 80.6 Å². The number of amides is 4. The summed E-state index contributed by atoms with van der Waals surface area (Å²) in [7, 11) is 1.87. The summed E-state index contributed by atoms with van der Waals surface area (Å²) in [5, 5.41) is 2.29. The van der Waals surface area contributed by atoms with Gasteiger partial charge in [-0.1, -0.05) is 19.8 Å². The first kappa shape index (κ1) is 35.3. The molecular formula is C36H57N7O4. The highest BCUT2D eigenvalue weighted by Gasteiger charge is 2.32. The van der Waals surface area contributed by atoms with Crippen molar-refractivity contribution in [3.05, 3.63) is 29.3 Å². The fourth-order valence-electron chi connectivity index (χ4n) is 8.17. The van der Waals surface area contributed by atoms with E-state index < -0.39 is 6.04 Å². The standard InChI is InChI=1S/C36H57N7O4/c1-3-7-34(35(46)37-28-45)38(2)26-31-24-33(9-8-30(31)27-44)41-22-20-39(21-23-41)25-29-10-16-42(17-11-29)36(47)43-18-12-32(13-19-43)40-14-5-4-6-15-40/h8-9,24,27-29,32,34H,3-7,10-23,25-26H2,1-2H3,(H,37,45,46). The van der Waals surface area contributed by atoms with Crippen LogP contribution >= 0.6 is 0 Å². The Bertz CT molecular complexity index is 1180. The second-order valence-corrected chi connectivity index (χ2v) is 14.2. The number of nitrogens with zero attached hydrogens (tertiary/aromatic N) is 6. The normalized spacial score (nSPS) is 21.6. The molecule has 5 rings (SSSR count). The highest BCUT2D eigenvalue weighted by molar-refractivity contribution is 5.90. The molecule has 4 saturated heterocycles. The van der Waals surface area contributed by atoms with Gasteiger partial charge in [-0.3, -0.25) is 29.5 Å². The summed E-state index contributed by atoms with van der Waals surface area (Å²) in [6, 6.07) is 6.46. The van der Waals surface area contributed by atoms with Crippen molar-refractivity contribution in [2.75, 3.05) is 83.9 Å². The van der Waals surface area contributed by atoms with Crippen molar-refractivity contribution in [2.45, 2.75) is 83.3 Å². The number of urea groups is 1. The fourth-order valence-corrected chi connectivity index (χ4v) is 8.17. The van der Waals surface area contributed by atoms with Crippen LogP contribution in [-0.4, -0.2) is 140 Å². The molecule has 0 aromatic heterocycles. The molecule has 0 saturated carbocycles. The Kier molecular flexibility index (Phi) is 13.1. The van der Waals surface area contributed by atoms with Gasteiger partial charge in [0.15, 0.2) is 0 Å². The lowest BCUT2D eigenvalue weighted by Crippen LogP contribution is -2.53. The molecule has 4 aliphatic rings. The number of anilines is 1. The number of hydrogen-bond acceptors (Lipinski definition) is 8. The first-order chi connectivity index (χ1) is 22.9. The summed E-state index contributed by atoms with van der Waals surface area (Å²) >= 11 is 0. The Labute approximate surface area is 281 Å². The summed E-state index contributed by atoms with van der Waals surface area (Å²) in [6.45, 7) is 13.4. The number of carbonyl (C=O) groups excluding carboxylic acids is 4. The van der Waals surface area contributed by atoms with Crippen molar-refractivity contribution >= 4 is 30.3 Å². The van der Waals surface area contributed by atoms with E-state index in [2.05, 4.69) is 35.9 Å². The van der Waals surface area contributed by atoms with E-state index in [-0.39, 0.29) is 11.9 Å². The smallest absolute Gasteiger partial charge is 0.319 e. The third-order valence-corrected chi connectivity index (χ3v) is 11.1. The third-order valence-electron chi connectivity index (χ3n) is 11.1. The van der Waals surface area contributed by atoms with Crippen molar-refractivity contribution in [3.8, 4) is 0 Å². The van der Waals surface area contributed by atoms with Crippen LogP contribution in [0.25, 0.3) is 0 Å². The monoisotopic (exact) mass is 651 g/mol. The first-order valence-electron chi connectivity index (χ1n) is 18.2. The van der Waals surface area contributed by atoms with Gasteiger partial charge in [0.25, 0.3) is 0 Å². The molecule has 0 aliphatic carbocycles. The lowest BCUT2D eigenvalue weighted by molar-refractivity contribution is -0.129. The molecule has 1 unspecified atom stereocenters. The summed E-state index contributed by atoms with van der Waals surface area (Å²) in [5.41, 5.74) is 2.60. The van der Waals surface area contributed by atoms with Crippen LogP contribution in [0.2, 0.25) is 0 Å². The zero-order chi connectivity index (χ0) is 33.2. The number of carbonyl (C=O) groups is 4. The average molecular weight is 652 g/mol. The minimum absolute atomic E-state index is 0.255. The maximum Gasteiger partial charge on any atom is 0.319 e. The lowest BCUT2D eigenvalue weighted by Gasteiger charge is -2.43. The predicted octanol–water partition coefficient (Wildman–Crippen LogP) is 3.28. The molecule has 1 aromatic rings. The number of piperidine rings is 3. The van der Waals surface area contributed by atoms with Gasteiger partial charge in [0.05, 0.1) is 6.04 Å². The van der Waals surface area contributed by atoms with E-state index in [1.54, 1.807) is 0 Å². The molecule has 47 heavy (non-hydrogen) atoms. The Balaban J connectivity index is 1.05. The lowest BCUT2D eigenvalue weighted by atomic mass is 9.95. The van der Waals surface area contributed by atoms with Gasteiger partial charge in [-0.25, -0.2) is 4.79 Å². The van der Waals surface area contributed by atoms with E-state index >= 15 is 0 Å². The minimum atomic E-state index is -0.441. The van der Waals surface area contributed by atoms with Crippen molar-refractivity contribution in [2.24, 2.45) is 5.92 Å². The number of imide groups is 1. The Hall–Kier alpha value is -3.02. The molecule has 4 heterocycles. The number of benzene rings is 1. The third kappa shape index (κ3) is 9.32. The van der Waals surface area contributed by atoms with Crippen LogP contribution in [0.4, 0.5) is 10.5 Å². The zero-order valence-electron chi connectivity index (χ0n) is 28.8. The van der Waals surface area contributed by atoms with E-state index in [9.17, 15) is 19.2 Å². The zero-order valence-corrected chi connectivity index (χ0v) is 28.8. The number of nitrogens with one attached hydrogen (secondary N) is 1. The fraction of sp³-hybridized carbons (Fsp3) is 0.722. The van der Waals surface area contributed by atoms with Crippen LogP contribution in [0.15, 0.2) is 18.2 Å². The molecule has 11 nitrogen and oxygen atoms in total. The number of aldehydes is 1. The van der Waals surface area contributed by atoms with Crippen LogP contribution in [0.5, 0.6) is 0 Å². The maximum absolute atomic E-state index is 13.3. The highest BCUT2D eigenvalue weighted by atomic mass is 16.2. The number of likely N-dealkylation sites (N-methyl/N-ethyl adjacent to an activating group) is 1. The largest absolute Gasteiger partial charge is 0.369 e. The summed E-state index contributed by atoms with van der Waals surface area (Å²) in [4.78, 5) is 62.3. The molecular weight excluding hydrogens is 594 g/mol. The molecule has 4 amide bonds. The first-order valence-corrected chi connectivity index (χ1v) is 18.2. The summed E-state index contributed by atoms with van der Waals surface area (Å²) < 4.78 is 0. The Morgan fingerprint density at radius 1 is 0.894 bits per heavy atom. The highest BCUT2D eigenvalue weighted by Crippen LogP contribution is 2.26. The van der Waals surface area contributed by atoms with Gasteiger partial charge in [0, 0.05) is 82.7 Å². The number of hydrogen-bond donors (Lipinski definition) is 1. The van der Waals surface area contributed by atoms with Gasteiger partial charge in [-0.15, -0.1) is 0 Å². The minimum Gasteiger partial charge on any atom is -0.369 e. The number of rotatable bonds is 12. The van der Waals surface area contributed by atoms with E-state index in [4.69, 9.17) is 0 Å². The summed E-state index contributed by atoms with van der Waals surface area (Å²) in [5.74, 6) is 0.307. The van der Waals surface area contributed by atoms with E-state index in [1.807, 2.05) is 31.0 Å². The van der Waals surface area contributed by atoms with E-state index in [1.165, 1.54) is 32.4 Å². The van der Waals surface area contributed by atoms with Crippen molar-refractivity contribution in [1.29, 1.82) is 0 Å². The van der Waals surface area contributed by atoms with Crippen molar-refractivity contribution < 1.29 is 19.2 Å². The SMILES string of the molecule is CCCC(C(=O)NC=O)N(C)Cc1cc(N2CCN(CC3CCN(C(=O)N4CCC(N5CCCCC5)CC4)CC3)CC2)ccc1C=O. The van der Waals surface area contributed by atoms with E-state index in [0.29, 0.717) is 36.9 Å².